The molecule has 0 unspecified atom stereocenters. The summed E-state index contributed by atoms with van der Waals surface area (Å²) in [5.41, 5.74) is 0.861. The Hall–Kier alpha value is -1.63. The summed E-state index contributed by atoms with van der Waals surface area (Å²) >= 11 is 7.34. The van der Waals surface area contributed by atoms with Crippen LogP contribution in [0.25, 0.3) is 0 Å². The predicted molar refractivity (Wildman–Crippen MR) is 91.1 cm³/mol. The molecular weight excluding hydrogens is 336 g/mol. The number of carbonyl (C=O) groups is 1. The summed E-state index contributed by atoms with van der Waals surface area (Å²) in [6, 6.07) is 7.31. The summed E-state index contributed by atoms with van der Waals surface area (Å²) in [6.07, 6.45) is 0. The molecule has 1 aromatic heterocycles. The first-order valence-electron chi connectivity index (χ1n) is 7.21. The van der Waals surface area contributed by atoms with Gasteiger partial charge in [-0.25, -0.2) is 4.98 Å². The molecule has 23 heavy (non-hydrogen) atoms. The maximum Gasteiger partial charge on any atom is 0.317 e. The monoisotopic (exact) mass is 354 g/mol. The third-order valence-corrected chi connectivity index (χ3v) is 4.33. The summed E-state index contributed by atoms with van der Waals surface area (Å²) in [6.45, 7) is 4.85. The molecule has 2 rings (SSSR count). The lowest BCUT2D eigenvalue weighted by Gasteiger charge is -2.23. The van der Waals surface area contributed by atoms with Gasteiger partial charge in [-0.3, -0.25) is 9.69 Å². The molecule has 1 N–H and O–H groups in total. The topological polar surface area (TPSA) is 62.7 Å². The highest BCUT2D eigenvalue weighted by atomic mass is 35.5. The second-order valence-corrected chi connectivity index (χ2v) is 6.75. The Labute approximate surface area is 144 Å². The van der Waals surface area contributed by atoms with Crippen molar-refractivity contribution in [3.8, 4) is 5.75 Å². The number of rotatable bonds is 8. The molecule has 0 saturated heterocycles. The van der Waals surface area contributed by atoms with E-state index in [4.69, 9.17) is 21.4 Å². The maximum absolute atomic E-state index is 10.9. The van der Waals surface area contributed by atoms with Crippen molar-refractivity contribution in [2.24, 2.45) is 0 Å². The van der Waals surface area contributed by atoms with Gasteiger partial charge in [-0.1, -0.05) is 11.6 Å². The van der Waals surface area contributed by atoms with Gasteiger partial charge in [0.05, 0.1) is 12.2 Å². The van der Waals surface area contributed by atoms with E-state index < -0.39 is 5.97 Å². The third kappa shape index (κ3) is 5.82. The lowest BCUT2D eigenvalue weighted by atomic mass is 10.3. The quantitative estimate of drug-likeness (QED) is 0.783. The number of hydrogen-bond donors (Lipinski definition) is 1. The van der Waals surface area contributed by atoms with Crippen molar-refractivity contribution in [2.75, 3.05) is 6.54 Å². The Morgan fingerprint density at radius 1 is 1.39 bits per heavy atom. The van der Waals surface area contributed by atoms with Crippen LogP contribution in [-0.4, -0.2) is 33.5 Å². The second kappa shape index (κ2) is 8.29. The van der Waals surface area contributed by atoms with Crippen LogP contribution in [0.15, 0.2) is 29.6 Å². The molecule has 0 aliphatic carbocycles. The fourth-order valence-corrected chi connectivity index (χ4v) is 2.79. The van der Waals surface area contributed by atoms with Crippen molar-refractivity contribution in [3.63, 3.8) is 0 Å². The molecule has 0 aliphatic heterocycles. The standard InChI is InChI=1S/C16H19ClN2O3S/c1-11(2)19(8-16(20)21)7-13-10-23-15(18-13)9-22-14-5-3-12(17)4-6-14/h3-6,10-11H,7-9H2,1-2H3,(H,20,21). The Morgan fingerprint density at radius 2 is 2.09 bits per heavy atom. The molecule has 0 atom stereocenters. The molecule has 7 heteroatoms. The number of halogens is 1. The van der Waals surface area contributed by atoms with Crippen molar-refractivity contribution in [2.45, 2.75) is 33.0 Å². The summed E-state index contributed by atoms with van der Waals surface area (Å²) in [5, 5.41) is 12.4. The van der Waals surface area contributed by atoms with Crippen LogP contribution < -0.4 is 4.74 Å². The van der Waals surface area contributed by atoms with Crippen LogP contribution in [0.2, 0.25) is 5.02 Å². The van der Waals surface area contributed by atoms with Crippen LogP contribution >= 0.6 is 22.9 Å². The van der Waals surface area contributed by atoms with Gasteiger partial charge in [0.15, 0.2) is 0 Å². The highest BCUT2D eigenvalue weighted by Gasteiger charge is 2.15. The molecule has 2 aromatic rings. The van der Waals surface area contributed by atoms with E-state index in [1.54, 1.807) is 12.1 Å². The molecule has 0 spiro atoms. The number of ether oxygens (including phenoxy) is 1. The molecule has 0 saturated carbocycles. The molecule has 1 aromatic carbocycles. The van der Waals surface area contributed by atoms with Crippen LogP contribution in [0.1, 0.15) is 24.5 Å². The Kier molecular flexibility index (Phi) is 6.38. The van der Waals surface area contributed by atoms with E-state index in [1.807, 2.05) is 36.3 Å². The Bertz CT molecular complexity index is 643. The first-order chi connectivity index (χ1) is 10.9. The van der Waals surface area contributed by atoms with Gasteiger partial charge in [-0.05, 0) is 38.1 Å². The van der Waals surface area contributed by atoms with Gasteiger partial charge in [-0.2, -0.15) is 0 Å². The number of carboxylic acid groups (broad SMARTS) is 1. The fourth-order valence-electron chi connectivity index (χ4n) is 1.97. The number of aliphatic carboxylic acids is 1. The highest BCUT2D eigenvalue weighted by Crippen LogP contribution is 2.19. The molecule has 1 heterocycles. The molecule has 0 bridgehead atoms. The molecule has 0 aliphatic rings. The van der Waals surface area contributed by atoms with E-state index in [2.05, 4.69) is 4.98 Å². The van der Waals surface area contributed by atoms with Crippen LogP contribution in [0, 0.1) is 0 Å². The minimum Gasteiger partial charge on any atom is -0.486 e. The number of nitrogens with zero attached hydrogens (tertiary/aromatic N) is 2. The lowest BCUT2D eigenvalue weighted by molar-refractivity contribution is -0.138. The summed E-state index contributed by atoms with van der Waals surface area (Å²) < 4.78 is 5.66. The molecule has 0 amide bonds. The van der Waals surface area contributed by atoms with E-state index >= 15 is 0 Å². The summed E-state index contributed by atoms with van der Waals surface area (Å²) in [4.78, 5) is 17.3. The van der Waals surface area contributed by atoms with Crippen molar-refractivity contribution >= 4 is 28.9 Å². The van der Waals surface area contributed by atoms with Crippen molar-refractivity contribution in [1.82, 2.24) is 9.88 Å². The van der Waals surface area contributed by atoms with Gasteiger partial charge in [0.25, 0.3) is 0 Å². The van der Waals surface area contributed by atoms with E-state index in [9.17, 15) is 4.79 Å². The van der Waals surface area contributed by atoms with E-state index in [0.717, 1.165) is 16.5 Å². The van der Waals surface area contributed by atoms with Gasteiger partial charge in [0, 0.05) is 23.0 Å². The first-order valence-corrected chi connectivity index (χ1v) is 8.47. The van der Waals surface area contributed by atoms with Crippen molar-refractivity contribution in [1.29, 1.82) is 0 Å². The number of aromatic nitrogens is 1. The minimum atomic E-state index is -0.833. The average molecular weight is 355 g/mol. The maximum atomic E-state index is 10.9. The van der Waals surface area contributed by atoms with Crippen LogP contribution in [0.4, 0.5) is 0 Å². The van der Waals surface area contributed by atoms with Gasteiger partial charge < -0.3 is 9.84 Å². The smallest absolute Gasteiger partial charge is 0.317 e. The summed E-state index contributed by atoms with van der Waals surface area (Å²) in [5.74, 6) is -0.0962. The van der Waals surface area contributed by atoms with Gasteiger partial charge in [-0.15, -0.1) is 11.3 Å². The number of carboxylic acids is 1. The zero-order chi connectivity index (χ0) is 16.8. The summed E-state index contributed by atoms with van der Waals surface area (Å²) in [7, 11) is 0. The van der Waals surface area contributed by atoms with E-state index in [0.29, 0.717) is 18.2 Å². The first kappa shape index (κ1) is 17.7. The number of thiazole rings is 1. The molecule has 0 radical (unpaired) electrons. The van der Waals surface area contributed by atoms with Crippen molar-refractivity contribution < 1.29 is 14.6 Å². The van der Waals surface area contributed by atoms with Crippen molar-refractivity contribution in [3.05, 3.63) is 45.4 Å². The number of hydrogen-bond acceptors (Lipinski definition) is 5. The molecule has 0 fully saturated rings. The van der Waals surface area contributed by atoms with E-state index in [-0.39, 0.29) is 12.6 Å². The minimum absolute atomic E-state index is 0.00576. The molecular formula is C16H19ClN2O3S. The highest BCUT2D eigenvalue weighted by molar-refractivity contribution is 7.09. The fraction of sp³-hybridized carbons (Fsp3) is 0.375. The SMILES string of the molecule is CC(C)N(CC(=O)O)Cc1csc(COc2ccc(Cl)cc2)n1. The predicted octanol–water partition coefficient (Wildman–Crippen LogP) is 3.67. The third-order valence-electron chi connectivity index (χ3n) is 3.21. The van der Waals surface area contributed by atoms with Gasteiger partial charge in [0.1, 0.15) is 17.4 Å². The Morgan fingerprint density at radius 3 is 2.70 bits per heavy atom. The zero-order valence-electron chi connectivity index (χ0n) is 13.0. The van der Waals surface area contributed by atoms with E-state index in [1.165, 1.54) is 11.3 Å². The molecule has 124 valence electrons. The normalized spacial score (nSPS) is 11.2. The van der Waals surface area contributed by atoms with Crippen LogP contribution in [0.3, 0.4) is 0 Å². The van der Waals surface area contributed by atoms with Crippen LogP contribution in [-0.2, 0) is 17.9 Å². The number of benzene rings is 1. The largest absolute Gasteiger partial charge is 0.486 e. The average Bonchev–Trinajstić information content (AvgIpc) is 2.93. The zero-order valence-corrected chi connectivity index (χ0v) is 14.6. The van der Waals surface area contributed by atoms with Gasteiger partial charge >= 0.3 is 5.97 Å². The Balaban J connectivity index is 1.91. The molecule has 5 nitrogen and oxygen atoms in total. The van der Waals surface area contributed by atoms with Gasteiger partial charge in [0.2, 0.25) is 0 Å². The van der Waals surface area contributed by atoms with Crippen LogP contribution in [0.5, 0.6) is 5.75 Å². The second-order valence-electron chi connectivity index (χ2n) is 5.37. The lowest BCUT2D eigenvalue weighted by Crippen LogP contribution is -2.35.